The summed E-state index contributed by atoms with van der Waals surface area (Å²) in [6.45, 7) is 0. The number of amides is 1. The Kier molecular flexibility index (Phi) is 4.09. The number of nitrogens with one attached hydrogen (secondary N) is 1. The van der Waals surface area contributed by atoms with Crippen LogP contribution in [0.25, 0.3) is 0 Å². The summed E-state index contributed by atoms with van der Waals surface area (Å²) in [5, 5.41) is 20.6. The number of carboxylic acids is 1. The molecule has 0 saturated heterocycles. The second-order valence-corrected chi connectivity index (χ2v) is 4.50. The number of aromatic hydroxyl groups is 1. The molecule has 2 aromatic rings. The van der Waals surface area contributed by atoms with Gasteiger partial charge in [-0.1, -0.05) is 17.7 Å². The van der Waals surface area contributed by atoms with Crippen molar-refractivity contribution in [1.82, 2.24) is 0 Å². The predicted octanol–water partition coefficient (Wildman–Crippen LogP) is 3.14. The number of carboxylic acid groups (broad SMARTS) is 1. The molecule has 2 aromatic carbocycles. The summed E-state index contributed by atoms with van der Waals surface area (Å²) in [6, 6.07) is 7.14. The zero-order valence-electron chi connectivity index (χ0n) is 10.4. The van der Waals surface area contributed by atoms with Crippen LogP contribution < -0.4 is 5.32 Å². The molecule has 5 nitrogen and oxygen atoms in total. The summed E-state index contributed by atoms with van der Waals surface area (Å²) in [7, 11) is 0. The molecular weight excluding hydrogens is 301 g/mol. The minimum Gasteiger partial charge on any atom is -0.507 e. The van der Waals surface area contributed by atoms with Crippen molar-refractivity contribution < 1.29 is 24.2 Å². The number of rotatable bonds is 3. The van der Waals surface area contributed by atoms with Crippen molar-refractivity contribution in [2.24, 2.45) is 0 Å². The average Bonchev–Trinajstić information content (AvgIpc) is 2.40. The van der Waals surface area contributed by atoms with Crippen LogP contribution in [0.1, 0.15) is 20.7 Å². The Morgan fingerprint density at radius 2 is 1.90 bits per heavy atom. The van der Waals surface area contributed by atoms with E-state index in [0.29, 0.717) is 0 Å². The van der Waals surface area contributed by atoms with E-state index >= 15 is 0 Å². The van der Waals surface area contributed by atoms with Crippen molar-refractivity contribution in [1.29, 1.82) is 0 Å². The van der Waals surface area contributed by atoms with Gasteiger partial charge in [-0.05, 0) is 30.3 Å². The van der Waals surface area contributed by atoms with Crippen molar-refractivity contribution in [3.8, 4) is 5.75 Å². The first kappa shape index (κ1) is 14.8. The maximum Gasteiger partial charge on any atom is 0.335 e. The molecule has 0 aromatic heterocycles. The van der Waals surface area contributed by atoms with Gasteiger partial charge in [-0.2, -0.15) is 0 Å². The molecular formula is C14H9ClFNO4. The molecule has 7 heteroatoms. The third kappa shape index (κ3) is 3.11. The monoisotopic (exact) mass is 309 g/mol. The number of aromatic carboxylic acids is 1. The molecule has 0 bridgehead atoms. The molecule has 0 aliphatic rings. The van der Waals surface area contributed by atoms with E-state index in [0.717, 1.165) is 12.1 Å². The van der Waals surface area contributed by atoms with Crippen LogP contribution >= 0.6 is 11.6 Å². The molecule has 0 aliphatic heterocycles. The molecule has 0 radical (unpaired) electrons. The lowest BCUT2D eigenvalue weighted by atomic mass is 10.1. The highest BCUT2D eigenvalue weighted by Crippen LogP contribution is 2.26. The number of carbonyl (C=O) groups excluding carboxylic acids is 1. The van der Waals surface area contributed by atoms with E-state index in [2.05, 4.69) is 5.32 Å². The van der Waals surface area contributed by atoms with Crippen molar-refractivity contribution in [2.75, 3.05) is 5.32 Å². The molecule has 0 spiro atoms. The molecule has 0 unspecified atom stereocenters. The molecule has 3 N–H and O–H groups in total. The van der Waals surface area contributed by atoms with E-state index in [1.165, 1.54) is 24.3 Å². The van der Waals surface area contributed by atoms with E-state index < -0.39 is 29.0 Å². The summed E-state index contributed by atoms with van der Waals surface area (Å²) in [5.41, 5.74) is -0.461. The van der Waals surface area contributed by atoms with Gasteiger partial charge in [0, 0.05) is 0 Å². The van der Waals surface area contributed by atoms with Gasteiger partial charge in [-0.15, -0.1) is 0 Å². The minimum absolute atomic E-state index is 0.0147. The maximum absolute atomic E-state index is 13.5. The summed E-state index contributed by atoms with van der Waals surface area (Å²) in [6.07, 6.45) is 0. The Bertz CT molecular complexity index is 713. The highest BCUT2D eigenvalue weighted by Gasteiger charge is 2.18. The second kappa shape index (κ2) is 5.80. The van der Waals surface area contributed by atoms with Crippen LogP contribution in [-0.4, -0.2) is 22.1 Å². The van der Waals surface area contributed by atoms with Gasteiger partial charge in [-0.25, -0.2) is 9.18 Å². The first-order chi connectivity index (χ1) is 9.90. The summed E-state index contributed by atoms with van der Waals surface area (Å²) in [4.78, 5) is 22.7. The quantitative estimate of drug-likeness (QED) is 0.813. The van der Waals surface area contributed by atoms with Crippen LogP contribution in [-0.2, 0) is 0 Å². The molecule has 108 valence electrons. The highest BCUT2D eigenvalue weighted by molar-refractivity contribution is 6.34. The fourth-order valence-electron chi connectivity index (χ4n) is 1.67. The molecule has 0 atom stereocenters. The van der Waals surface area contributed by atoms with Crippen LogP contribution in [0.5, 0.6) is 5.75 Å². The number of carbonyl (C=O) groups is 2. The van der Waals surface area contributed by atoms with E-state index in [-0.39, 0.29) is 16.3 Å². The van der Waals surface area contributed by atoms with Crippen LogP contribution in [0, 0.1) is 5.82 Å². The molecule has 1 amide bonds. The topological polar surface area (TPSA) is 86.6 Å². The Labute approximate surface area is 123 Å². The molecule has 0 saturated carbocycles. The number of phenols is 1. The van der Waals surface area contributed by atoms with Gasteiger partial charge >= 0.3 is 5.97 Å². The Morgan fingerprint density at radius 3 is 2.48 bits per heavy atom. The van der Waals surface area contributed by atoms with Gasteiger partial charge in [0.15, 0.2) is 0 Å². The van der Waals surface area contributed by atoms with Crippen LogP contribution in [0.15, 0.2) is 36.4 Å². The number of phenolic OH excluding ortho intramolecular Hbond substituents is 1. The molecule has 0 heterocycles. The first-order valence-corrected chi connectivity index (χ1v) is 6.09. The largest absolute Gasteiger partial charge is 0.507 e. The highest BCUT2D eigenvalue weighted by atomic mass is 35.5. The number of benzene rings is 2. The molecule has 2 rings (SSSR count). The summed E-state index contributed by atoms with van der Waals surface area (Å²) < 4.78 is 13.5. The van der Waals surface area contributed by atoms with E-state index in [1.54, 1.807) is 0 Å². The Hall–Kier alpha value is -2.60. The van der Waals surface area contributed by atoms with Gasteiger partial charge in [0.25, 0.3) is 5.91 Å². The fourth-order valence-corrected chi connectivity index (χ4v) is 1.90. The van der Waals surface area contributed by atoms with Crippen molar-refractivity contribution >= 4 is 29.2 Å². The van der Waals surface area contributed by atoms with Crippen LogP contribution in [0.4, 0.5) is 10.1 Å². The molecule has 21 heavy (non-hydrogen) atoms. The second-order valence-electron chi connectivity index (χ2n) is 4.09. The van der Waals surface area contributed by atoms with Gasteiger partial charge in [0.1, 0.15) is 17.1 Å². The van der Waals surface area contributed by atoms with E-state index in [1.807, 2.05) is 0 Å². The van der Waals surface area contributed by atoms with Crippen molar-refractivity contribution in [3.05, 3.63) is 58.4 Å². The van der Waals surface area contributed by atoms with Crippen molar-refractivity contribution in [2.45, 2.75) is 0 Å². The maximum atomic E-state index is 13.5. The van der Waals surface area contributed by atoms with Crippen molar-refractivity contribution in [3.63, 3.8) is 0 Å². The predicted molar refractivity (Wildman–Crippen MR) is 74.4 cm³/mol. The Morgan fingerprint density at radius 1 is 1.19 bits per heavy atom. The summed E-state index contributed by atoms with van der Waals surface area (Å²) >= 11 is 5.85. The number of hydrogen-bond donors (Lipinski definition) is 3. The lowest BCUT2D eigenvalue weighted by molar-refractivity contribution is 0.0696. The molecule has 0 aliphatic carbocycles. The average molecular weight is 310 g/mol. The third-order valence-electron chi connectivity index (χ3n) is 2.68. The van der Waals surface area contributed by atoms with E-state index in [4.69, 9.17) is 16.7 Å². The van der Waals surface area contributed by atoms with E-state index in [9.17, 15) is 19.1 Å². The lowest BCUT2D eigenvalue weighted by Gasteiger charge is -2.09. The van der Waals surface area contributed by atoms with Gasteiger partial charge in [-0.3, -0.25) is 4.79 Å². The normalized spacial score (nSPS) is 10.2. The summed E-state index contributed by atoms with van der Waals surface area (Å²) in [5.74, 6) is -3.45. The number of anilines is 1. The SMILES string of the molecule is O=C(O)c1ccc(NC(=O)c2c(O)cccc2F)c(Cl)c1. The third-order valence-corrected chi connectivity index (χ3v) is 3.00. The standard InChI is InChI=1S/C14H9ClFNO4/c15-8-6-7(14(20)21)4-5-10(8)17-13(19)12-9(16)2-1-3-11(12)18/h1-6,18H,(H,17,19)(H,20,21). The number of hydrogen-bond acceptors (Lipinski definition) is 3. The Balaban J connectivity index is 2.30. The first-order valence-electron chi connectivity index (χ1n) is 5.72. The van der Waals surface area contributed by atoms with Gasteiger partial charge in [0.05, 0.1) is 16.3 Å². The number of halogens is 2. The molecule has 0 fully saturated rings. The zero-order valence-corrected chi connectivity index (χ0v) is 11.2. The lowest BCUT2D eigenvalue weighted by Crippen LogP contribution is -2.14. The van der Waals surface area contributed by atoms with Crippen LogP contribution in [0.3, 0.4) is 0 Å². The zero-order chi connectivity index (χ0) is 15.6. The van der Waals surface area contributed by atoms with Gasteiger partial charge in [0.2, 0.25) is 0 Å². The fraction of sp³-hybridized carbons (Fsp3) is 0. The van der Waals surface area contributed by atoms with Crippen LogP contribution in [0.2, 0.25) is 5.02 Å². The van der Waals surface area contributed by atoms with Gasteiger partial charge < -0.3 is 15.5 Å². The smallest absolute Gasteiger partial charge is 0.335 e. The minimum atomic E-state index is -1.17.